The van der Waals surface area contributed by atoms with E-state index in [-0.39, 0.29) is 31.2 Å². The predicted octanol–water partition coefficient (Wildman–Crippen LogP) is 4.27. The monoisotopic (exact) mass is 510 g/mol. The van der Waals surface area contributed by atoms with Gasteiger partial charge in [0.05, 0.1) is 12.7 Å². The number of carboxylic acid groups (broad SMARTS) is 1. The number of benzene rings is 1. The van der Waals surface area contributed by atoms with Crippen molar-refractivity contribution < 1.29 is 24.2 Å². The lowest BCUT2D eigenvalue weighted by atomic mass is 9.88. The first-order chi connectivity index (χ1) is 16.9. The van der Waals surface area contributed by atoms with Crippen LogP contribution < -0.4 is 11.2 Å². The van der Waals surface area contributed by atoms with Gasteiger partial charge in [-0.2, -0.15) is 0 Å². The van der Waals surface area contributed by atoms with E-state index in [1.165, 1.54) is 17.9 Å². The van der Waals surface area contributed by atoms with Gasteiger partial charge in [-0.3, -0.25) is 5.01 Å². The summed E-state index contributed by atoms with van der Waals surface area (Å²) in [6.07, 6.45) is 5.73. The maximum Gasteiger partial charge on any atom is 0.404 e. The Morgan fingerprint density at radius 3 is 2.97 bits per heavy atom. The number of hydrogen-bond donors (Lipinski definition) is 3. The molecule has 9 nitrogen and oxygen atoms in total. The van der Waals surface area contributed by atoms with E-state index in [0.29, 0.717) is 30.6 Å². The van der Waals surface area contributed by atoms with Crippen molar-refractivity contribution in [1.82, 2.24) is 15.2 Å². The van der Waals surface area contributed by atoms with Crippen molar-refractivity contribution in [3.63, 3.8) is 0 Å². The zero-order valence-electron chi connectivity index (χ0n) is 20.4. The van der Waals surface area contributed by atoms with Crippen LogP contribution in [0, 0.1) is 11.8 Å². The number of rotatable bonds is 10. The van der Waals surface area contributed by atoms with Gasteiger partial charge >= 0.3 is 12.1 Å². The second-order valence-corrected chi connectivity index (χ2v) is 9.92. The van der Waals surface area contributed by atoms with Crippen LogP contribution in [0.25, 0.3) is 0 Å². The Labute approximate surface area is 212 Å². The van der Waals surface area contributed by atoms with Crippen LogP contribution in [-0.2, 0) is 9.47 Å². The third kappa shape index (κ3) is 9.14. The quantitative estimate of drug-likeness (QED) is 0.187. The molecule has 0 saturated carbocycles. The first kappa shape index (κ1) is 27.5. The van der Waals surface area contributed by atoms with Crippen LogP contribution in [0.3, 0.4) is 0 Å². The van der Waals surface area contributed by atoms with E-state index in [9.17, 15) is 9.59 Å². The molecule has 0 aromatic heterocycles. The number of piperidine rings is 1. The first-order valence-corrected chi connectivity index (χ1v) is 13.0. The van der Waals surface area contributed by atoms with Gasteiger partial charge in [0, 0.05) is 50.3 Å². The summed E-state index contributed by atoms with van der Waals surface area (Å²) >= 11 is 6.22. The summed E-state index contributed by atoms with van der Waals surface area (Å²) in [5.74, 6) is 6.77. The molecular weight excluding hydrogens is 472 g/mol. The molecule has 3 rings (SSSR count). The minimum Gasteiger partial charge on any atom is -0.465 e. The molecule has 1 aromatic rings. The van der Waals surface area contributed by atoms with Crippen LogP contribution in [0.5, 0.6) is 0 Å². The summed E-state index contributed by atoms with van der Waals surface area (Å²) in [6, 6.07) is 7.33. The maximum absolute atomic E-state index is 13.1. The Bertz CT molecular complexity index is 806. The summed E-state index contributed by atoms with van der Waals surface area (Å²) < 4.78 is 11.8. The van der Waals surface area contributed by atoms with Crippen LogP contribution in [0.2, 0.25) is 5.02 Å². The van der Waals surface area contributed by atoms with E-state index in [1.54, 1.807) is 11.0 Å². The minimum absolute atomic E-state index is 0.0486. The number of hydrazine groups is 1. The molecule has 35 heavy (non-hydrogen) atoms. The zero-order chi connectivity index (χ0) is 25.0. The second-order valence-electron chi connectivity index (χ2n) is 9.48. The van der Waals surface area contributed by atoms with Crippen molar-refractivity contribution in [2.24, 2.45) is 17.7 Å². The van der Waals surface area contributed by atoms with Crippen LogP contribution in [-0.4, -0.2) is 73.1 Å². The van der Waals surface area contributed by atoms with Gasteiger partial charge in [0.15, 0.2) is 0 Å². The zero-order valence-corrected chi connectivity index (χ0v) is 21.1. The fraction of sp³-hybridized carbons (Fsp3) is 0.680. The van der Waals surface area contributed by atoms with Crippen molar-refractivity contribution in [2.45, 2.75) is 51.0 Å². The molecule has 2 fully saturated rings. The molecule has 196 valence electrons. The van der Waals surface area contributed by atoms with Crippen LogP contribution in [0.1, 0.15) is 56.6 Å². The molecule has 3 atom stereocenters. The molecular formula is C25H39ClN4O5. The van der Waals surface area contributed by atoms with E-state index >= 15 is 0 Å². The minimum atomic E-state index is -1.09. The molecule has 0 spiro atoms. The highest BCUT2D eigenvalue weighted by Gasteiger charge is 2.32. The third-order valence-corrected chi connectivity index (χ3v) is 7.01. The van der Waals surface area contributed by atoms with Gasteiger partial charge < -0.3 is 24.8 Å². The van der Waals surface area contributed by atoms with Gasteiger partial charge in [-0.25, -0.2) is 15.4 Å². The van der Waals surface area contributed by atoms with Crippen molar-refractivity contribution in [3.05, 3.63) is 34.9 Å². The molecule has 2 aliphatic rings. The van der Waals surface area contributed by atoms with Crippen LogP contribution in [0.4, 0.5) is 9.59 Å². The lowest BCUT2D eigenvalue weighted by Crippen LogP contribution is -2.51. The lowest BCUT2D eigenvalue weighted by molar-refractivity contribution is -0.0105. The number of nitrogens with zero attached hydrogens (tertiary/aromatic N) is 2. The number of urea groups is 1. The molecule has 4 N–H and O–H groups in total. The van der Waals surface area contributed by atoms with Gasteiger partial charge in [-0.1, -0.05) is 30.2 Å². The smallest absolute Gasteiger partial charge is 0.404 e. The summed E-state index contributed by atoms with van der Waals surface area (Å²) in [5, 5.41) is 13.1. The Morgan fingerprint density at radius 1 is 1.31 bits per heavy atom. The molecule has 2 heterocycles. The summed E-state index contributed by atoms with van der Waals surface area (Å²) in [6.45, 7) is 3.76. The molecule has 2 unspecified atom stereocenters. The molecule has 0 aliphatic carbocycles. The molecule has 2 saturated heterocycles. The number of nitrogens with two attached hydrogens (primary N) is 1. The van der Waals surface area contributed by atoms with E-state index in [0.717, 1.165) is 50.9 Å². The van der Waals surface area contributed by atoms with Crippen molar-refractivity contribution in [2.75, 3.05) is 46.0 Å². The molecule has 0 radical (unpaired) electrons. The second kappa shape index (κ2) is 14.5. The summed E-state index contributed by atoms with van der Waals surface area (Å²) in [7, 11) is 0. The number of amides is 3. The highest BCUT2D eigenvalue weighted by Crippen LogP contribution is 2.34. The molecule has 10 heteroatoms. The Balaban J connectivity index is 1.55. The average Bonchev–Trinajstić information content (AvgIpc) is 3.12. The Kier molecular flexibility index (Phi) is 11.4. The van der Waals surface area contributed by atoms with Crippen molar-refractivity contribution in [1.29, 1.82) is 0 Å². The molecule has 1 aromatic carbocycles. The molecule has 0 bridgehead atoms. The highest BCUT2D eigenvalue weighted by atomic mass is 35.5. The first-order valence-electron chi connectivity index (χ1n) is 12.7. The van der Waals surface area contributed by atoms with Crippen LogP contribution in [0.15, 0.2) is 24.3 Å². The van der Waals surface area contributed by atoms with Crippen LogP contribution >= 0.6 is 11.6 Å². The number of halogens is 1. The van der Waals surface area contributed by atoms with Gasteiger partial charge in [0.25, 0.3) is 0 Å². The number of ether oxygens (including phenoxy) is 2. The third-order valence-electron chi connectivity index (χ3n) is 6.77. The van der Waals surface area contributed by atoms with E-state index in [1.807, 2.05) is 18.2 Å². The number of carbonyl (C=O) groups is 2. The highest BCUT2D eigenvalue weighted by molar-refractivity contribution is 6.30. The van der Waals surface area contributed by atoms with E-state index in [4.69, 9.17) is 32.0 Å². The van der Waals surface area contributed by atoms with E-state index < -0.39 is 6.09 Å². The standard InChI is InChI=1S/C25H39ClN4O5/c26-22-10-3-8-20(16-22)23(35-15-11-28-24(31)32)21-9-5-12-29(17-21)25(33)30(27)13-4-7-19-6-1-2-14-34-18-19/h3,8,10,16,19,21,23,28H,1-2,4-7,9,11-15,17-18,27H2,(H,31,32)/t19?,21?,23-/m0/s1. The maximum atomic E-state index is 13.1. The topological polar surface area (TPSA) is 117 Å². The van der Waals surface area contributed by atoms with Gasteiger partial charge in [0.1, 0.15) is 0 Å². The SMILES string of the molecule is NN(CCCC1CCCCOC1)C(=O)N1CCCC([C@@H](OCCNC(=O)O)c2cccc(Cl)c2)C1. The molecule has 3 amide bonds. The summed E-state index contributed by atoms with van der Waals surface area (Å²) in [5.41, 5.74) is 0.919. The Hall–Kier alpha value is -2.07. The normalized spacial score (nSPS) is 21.7. The van der Waals surface area contributed by atoms with Gasteiger partial charge in [-0.05, 0) is 62.1 Å². The fourth-order valence-corrected chi connectivity index (χ4v) is 5.19. The van der Waals surface area contributed by atoms with Crippen molar-refractivity contribution >= 4 is 23.7 Å². The van der Waals surface area contributed by atoms with Gasteiger partial charge in [0.2, 0.25) is 0 Å². The number of likely N-dealkylation sites (tertiary alicyclic amines) is 1. The number of carbonyl (C=O) groups excluding carboxylic acids is 1. The predicted molar refractivity (Wildman–Crippen MR) is 134 cm³/mol. The molecule has 2 aliphatic heterocycles. The fourth-order valence-electron chi connectivity index (χ4n) is 4.99. The van der Waals surface area contributed by atoms with Gasteiger partial charge in [-0.15, -0.1) is 0 Å². The van der Waals surface area contributed by atoms with Crippen molar-refractivity contribution in [3.8, 4) is 0 Å². The number of hydrogen-bond acceptors (Lipinski definition) is 5. The lowest BCUT2D eigenvalue weighted by Gasteiger charge is -2.38. The largest absolute Gasteiger partial charge is 0.465 e. The van der Waals surface area contributed by atoms with E-state index in [2.05, 4.69) is 5.32 Å². The summed E-state index contributed by atoms with van der Waals surface area (Å²) in [4.78, 5) is 25.7. The number of nitrogens with one attached hydrogen (secondary N) is 1. The average molecular weight is 511 g/mol. The Morgan fingerprint density at radius 2 is 2.17 bits per heavy atom.